The first-order chi connectivity index (χ1) is 11.6. The number of benzene rings is 1. The Kier molecular flexibility index (Phi) is 8.92. The second-order valence-corrected chi connectivity index (χ2v) is 4.82. The van der Waals surface area contributed by atoms with Crippen LogP contribution in [0.2, 0.25) is 0 Å². The molecule has 0 radical (unpaired) electrons. The van der Waals surface area contributed by atoms with E-state index in [4.69, 9.17) is 28.4 Å². The van der Waals surface area contributed by atoms with Crippen LogP contribution in [0.25, 0.3) is 0 Å². The molecule has 1 aromatic rings. The van der Waals surface area contributed by atoms with E-state index in [0.717, 1.165) is 0 Å². The molecule has 0 amide bonds. The van der Waals surface area contributed by atoms with Crippen LogP contribution in [0, 0.1) is 0 Å². The molecule has 8 heteroatoms. The van der Waals surface area contributed by atoms with Crippen molar-refractivity contribution < 1.29 is 38.3 Å². The Labute approximate surface area is 141 Å². The van der Waals surface area contributed by atoms with Crippen LogP contribution < -0.4 is 14.2 Å². The van der Waals surface area contributed by atoms with E-state index in [-0.39, 0.29) is 26.8 Å². The second-order valence-electron chi connectivity index (χ2n) is 4.82. The summed E-state index contributed by atoms with van der Waals surface area (Å²) in [4.78, 5) is 11.1. The average Bonchev–Trinajstić information content (AvgIpc) is 2.58. The summed E-state index contributed by atoms with van der Waals surface area (Å²) in [5, 5.41) is 9.72. The third kappa shape index (κ3) is 5.88. The van der Waals surface area contributed by atoms with Crippen molar-refractivity contribution in [3.8, 4) is 17.2 Å². The lowest BCUT2D eigenvalue weighted by atomic mass is 9.98. The van der Waals surface area contributed by atoms with Gasteiger partial charge in [-0.15, -0.1) is 0 Å². The predicted molar refractivity (Wildman–Crippen MR) is 84.5 cm³/mol. The standard InChI is InChI=1S/C16H24O8/c1-11(18)22-8-12(7-17)16-14(23-9-19-2)5-13(21-4)6-15(16)24-10-20-3/h5-6,12,17H,7-10H2,1-4H3/t12-/m0/s1. The van der Waals surface area contributed by atoms with Crippen LogP contribution in [-0.2, 0) is 19.0 Å². The molecule has 0 unspecified atom stereocenters. The van der Waals surface area contributed by atoms with Gasteiger partial charge in [-0.25, -0.2) is 0 Å². The summed E-state index contributed by atoms with van der Waals surface area (Å²) in [5.41, 5.74) is 0.536. The number of hydrogen-bond acceptors (Lipinski definition) is 8. The smallest absolute Gasteiger partial charge is 0.302 e. The Balaban J connectivity index is 3.27. The van der Waals surface area contributed by atoms with Crippen molar-refractivity contribution in [2.45, 2.75) is 12.8 Å². The van der Waals surface area contributed by atoms with E-state index in [0.29, 0.717) is 22.8 Å². The monoisotopic (exact) mass is 344 g/mol. The SMILES string of the molecule is COCOc1cc(OC)cc(OCOC)c1[C@@H](CO)COC(C)=O. The summed E-state index contributed by atoms with van der Waals surface area (Å²) < 4.78 is 31.2. The van der Waals surface area contributed by atoms with Crippen molar-refractivity contribution in [1.29, 1.82) is 0 Å². The minimum absolute atomic E-state index is 0.00437. The molecule has 0 aliphatic rings. The van der Waals surface area contributed by atoms with Gasteiger partial charge < -0.3 is 33.5 Å². The van der Waals surface area contributed by atoms with Gasteiger partial charge >= 0.3 is 5.97 Å². The topological polar surface area (TPSA) is 92.7 Å². The fourth-order valence-corrected chi connectivity index (χ4v) is 2.03. The van der Waals surface area contributed by atoms with E-state index in [1.807, 2.05) is 0 Å². The van der Waals surface area contributed by atoms with Crippen LogP contribution in [-0.4, -0.2) is 59.2 Å². The van der Waals surface area contributed by atoms with E-state index < -0.39 is 11.9 Å². The number of carbonyl (C=O) groups excluding carboxylic acids is 1. The van der Waals surface area contributed by atoms with E-state index >= 15 is 0 Å². The number of carbonyl (C=O) groups is 1. The zero-order chi connectivity index (χ0) is 17.9. The first kappa shape index (κ1) is 20.0. The minimum atomic E-state index is -0.543. The second kappa shape index (κ2) is 10.7. The van der Waals surface area contributed by atoms with Crippen LogP contribution in [0.3, 0.4) is 0 Å². The number of hydrogen-bond donors (Lipinski definition) is 1. The molecule has 0 spiro atoms. The van der Waals surface area contributed by atoms with Crippen molar-refractivity contribution in [2.24, 2.45) is 0 Å². The lowest BCUT2D eigenvalue weighted by Crippen LogP contribution is -2.17. The Morgan fingerprint density at radius 2 is 1.62 bits per heavy atom. The largest absolute Gasteiger partial charge is 0.496 e. The maximum atomic E-state index is 11.1. The first-order valence-electron chi connectivity index (χ1n) is 7.26. The Hall–Kier alpha value is -2.03. The summed E-state index contributed by atoms with van der Waals surface area (Å²) in [6.45, 7) is 0.995. The summed E-state index contributed by atoms with van der Waals surface area (Å²) in [5.74, 6) is 0.307. The van der Waals surface area contributed by atoms with Crippen LogP contribution in [0.1, 0.15) is 18.4 Å². The van der Waals surface area contributed by atoms with Gasteiger partial charge in [-0.1, -0.05) is 0 Å². The summed E-state index contributed by atoms with van der Waals surface area (Å²) in [6.07, 6.45) is 0. The van der Waals surface area contributed by atoms with Gasteiger partial charge in [0.15, 0.2) is 13.6 Å². The lowest BCUT2D eigenvalue weighted by molar-refractivity contribution is -0.141. The highest BCUT2D eigenvalue weighted by atomic mass is 16.7. The Bertz CT molecular complexity index is 488. The summed E-state index contributed by atoms with van der Waals surface area (Å²) in [6, 6.07) is 3.29. The van der Waals surface area contributed by atoms with Crippen molar-refractivity contribution in [1.82, 2.24) is 0 Å². The lowest BCUT2D eigenvalue weighted by Gasteiger charge is -2.22. The third-order valence-corrected chi connectivity index (χ3v) is 3.09. The molecule has 8 nitrogen and oxygen atoms in total. The average molecular weight is 344 g/mol. The van der Waals surface area contributed by atoms with Gasteiger partial charge in [-0.05, 0) is 0 Å². The summed E-state index contributed by atoms with van der Waals surface area (Å²) in [7, 11) is 4.49. The van der Waals surface area contributed by atoms with Gasteiger partial charge in [0.2, 0.25) is 0 Å². The van der Waals surface area contributed by atoms with Gasteiger partial charge in [-0.2, -0.15) is 0 Å². The predicted octanol–water partition coefficient (Wildman–Crippen LogP) is 1.30. The van der Waals surface area contributed by atoms with Gasteiger partial charge in [0, 0.05) is 44.8 Å². The zero-order valence-electron chi connectivity index (χ0n) is 14.4. The molecule has 0 heterocycles. The van der Waals surface area contributed by atoms with Crippen LogP contribution in [0.4, 0.5) is 0 Å². The number of rotatable bonds is 11. The fraction of sp³-hybridized carbons (Fsp3) is 0.562. The molecule has 136 valence electrons. The number of aliphatic hydroxyl groups excluding tert-OH is 1. The van der Waals surface area contributed by atoms with Crippen LogP contribution >= 0.6 is 0 Å². The number of aliphatic hydroxyl groups is 1. The van der Waals surface area contributed by atoms with Gasteiger partial charge in [-0.3, -0.25) is 4.79 Å². The highest BCUT2D eigenvalue weighted by molar-refractivity contribution is 5.66. The Morgan fingerprint density at radius 3 is 2.00 bits per heavy atom. The Morgan fingerprint density at radius 1 is 1.08 bits per heavy atom. The highest BCUT2D eigenvalue weighted by Gasteiger charge is 2.24. The normalized spacial score (nSPS) is 11.7. The zero-order valence-corrected chi connectivity index (χ0v) is 14.4. The van der Waals surface area contributed by atoms with Gasteiger partial charge in [0.25, 0.3) is 0 Å². The number of esters is 1. The van der Waals surface area contributed by atoms with Crippen molar-refractivity contribution in [2.75, 3.05) is 48.1 Å². The van der Waals surface area contributed by atoms with E-state index in [1.54, 1.807) is 12.1 Å². The van der Waals surface area contributed by atoms with Crippen LogP contribution in [0.5, 0.6) is 17.2 Å². The molecule has 0 bridgehead atoms. The molecule has 0 saturated carbocycles. The molecule has 0 aromatic heterocycles. The van der Waals surface area contributed by atoms with E-state index in [1.165, 1.54) is 28.3 Å². The van der Waals surface area contributed by atoms with Gasteiger partial charge in [0.1, 0.15) is 23.9 Å². The molecule has 1 N–H and O–H groups in total. The van der Waals surface area contributed by atoms with Crippen molar-refractivity contribution in [3.05, 3.63) is 17.7 Å². The molecule has 1 aromatic carbocycles. The molecular formula is C16H24O8. The highest BCUT2D eigenvalue weighted by Crippen LogP contribution is 2.39. The molecule has 0 aliphatic heterocycles. The quantitative estimate of drug-likeness (QED) is 0.474. The minimum Gasteiger partial charge on any atom is -0.496 e. The van der Waals surface area contributed by atoms with E-state index in [2.05, 4.69) is 0 Å². The van der Waals surface area contributed by atoms with Crippen molar-refractivity contribution >= 4 is 5.97 Å². The molecule has 0 saturated heterocycles. The van der Waals surface area contributed by atoms with Gasteiger partial charge in [0.05, 0.1) is 13.7 Å². The van der Waals surface area contributed by atoms with Crippen molar-refractivity contribution in [3.63, 3.8) is 0 Å². The first-order valence-corrected chi connectivity index (χ1v) is 7.26. The molecule has 1 atom stereocenters. The number of ether oxygens (including phenoxy) is 6. The summed E-state index contributed by atoms with van der Waals surface area (Å²) >= 11 is 0. The van der Waals surface area contributed by atoms with Crippen LogP contribution in [0.15, 0.2) is 12.1 Å². The maximum absolute atomic E-state index is 11.1. The molecular weight excluding hydrogens is 320 g/mol. The number of methoxy groups -OCH3 is 3. The fourth-order valence-electron chi connectivity index (χ4n) is 2.03. The molecule has 24 heavy (non-hydrogen) atoms. The molecule has 0 fully saturated rings. The van der Waals surface area contributed by atoms with E-state index in [9.17, 15) is 9.90 Å². The third-order valence-electron chi connectivity index (χ3n) is 3.09. The maximum Gasteiger partial charge on any atom is 0.302 e. The molecule has 1 rings (SSSR count). The molecule has 0 aliphatic carbocycles.